The minimum Gasteiger partial charge on any atom is -0.481 e. The van der Waals surface area contributed by atoms with E-state index in [2.05, 4.69) is 36.9 Å². The Bertz CT molecular complexity index is 2780. The van der Waals surface area contributed by atoms with Crippen LogP contribution in [0.15, 0.2) is 167 Å². The summed E-state index contributed by atoms with van der Waals surface area (Å²) in [5.74, 6) is -7.77. The van der Waals surface area contributed by atoms with E-state index in [1.54, 1.807) is 30.3 Å². The van der Waals surface area contributed by atoms with E-state index in [0.717, 1.165) is 21.2 Å². The topological polar surface area (TPSA) is 314 Å². The number of nitrogens with one attached hydrogen (secondary N) is 6. The Balaban J connectivity index is 1.33. The molecule has 0 bridgehead atoms. The lowest BCUT2D eigenvalue weighted by molar-refractivity contribution is -0.141. The van der Waals surface area contributed by atoms with Gasteiger partial charge in [-0.15, -0.1) is 0 Å². The number of unbranched alkanes of at least 4 members (excludes halogenated alkanes) is 1. The first-order chi connectivity index (χ1) is 36.7. The molecule has 0 aromatic heterocycles. The Labute approximate surface area is 442 Å². The summed E-state index contributed by atoms with van der Waals surface area (Å²) in [6.45, 7) is -0.594. The summed E-state index contributed by atoms with van der Waals surface area (Å²) < 4.78 is 0. The zero-order valence-corrected chi connectivity index (χ0v) is 43.3. The molecule has 6 amide bonds. The van der Waals surface area contributed by atoms with Gasteiger partial charge >= 0.3 is 11.9 Å². The number of nitrogens with zero attached hydrogens (tertiary/aromatic N) is 1. The molecular weight excluding hydrogens is 1010 g/mol. The fourth-order valence-electron chi connectivity index (χ4n) is 8.34. The smallest absolute Gasteiger partial charge is 0.337 e. The summed E-state index contributed by atoms with van der Waals surface area (Å²) in [4.78, 5) is 114. The number of guanidine groups is 1. The average Bonchev–Trinajstić information content (AvgIpc) is 3.43. The summed E-state index contributed by atoms with van der Waals surface area (Å²) in [6, 6.07) is 40.0. The number of carbonyl (C=O) groups excluding carboxylic acids is 6. The van der Waals surface area contributed by atoms with Crippen LogP contribution in [0.1, 0.15) is 44.1 Å². The third-order valence-corrected chi connectivity index (χ3v) is 17.1. The number of benzene rings is 5. The molecule has 4 atom stereocenters. The molecule has 1 heterocycles. The average molecular weight is 1070 g/mol. The molecule has 21 heteroatoms. The van der Waals surface area contributed by atoms with Gasteiger partial charge in [-0.2, -0.15) is 0 Å². The van der Waals surface area contributed by atoms with Crippen LogP contribution in [0.4, 0.5) is 0 Å². The Morgan fingerprint density at radius 2 is 0.974 bits per heavy atom. The van der Waals surface area contributed by atoms with Crippen molar-refractivity contribution in [2.24, 2.45) is 16.5 Å². The molecule has 12 N–H and O–H groups in total. The van der Waals surface area contributed by atoms with Gasteiger partial charge in [0.05, 0.1) is 23.6 Å². The zero-order valence-electron chi connectivity index (χ0n) is 41.5. The highest BCUT2D eigenvalue weighted by molar-refractivity contribution is 7.82. The first-order valence-corrected chi connectivity index (χ1v) is 27.2. The van der Waals surface area contributed by atoms with Crippen LogP contribution in [0.25, 0.3) is 0 Å². The number of aliphatic imine (C=N–C) groups is 1. The van der Waals surface area contributed by atoms with Crippen molar-refractivity contribution in [2.45, 2.75) is 69.1 Å². The Morgan fingerprint density at radius 3 is 1.46 bits per heavy atom. The third kappa shape index (κ3) is 16.9. The second-order valence-corrected chi connectivity index (χ2v) is 21.8. The Kier molecular flexibility index (Phi) is 21.7. The molecular formula is C55H61N9O10P2. The highest BCUT2D eigenvalue weighted by Crippen LogP contribution is 2.54. The number of hydrogen-bond acceptors (Lipinski definition) is 9. The molecule has 19 nitrogen and oxygen atoms in total. The van der Waals surface area contributed by atoms with E-state index in [1.165, 1.54) is 0 Å². The van der Waals surface area contributed by atoms with Crippen LogP contribution in [0.3, 0.4) is 0 Å². The maximum Gasteiger partial charge on any atom is 0.337 e. The first kappa shape index (κ1) is 57.0. The van der Waals surface area contributed by atoms with Crippen molar-refractivity contribution in [1.29, 1.82) is 0 Å². The molecule has 0 aliphatic carbocycles. The van der Waals surface area contributed by atoms with E-state index < -0.39 is 100 Å². The Hall–Kier alpha value is -8.27. The third-order valence-electron chi connectivity index (χ3n) is 11.9. The maximum atomic E-state index is 15.1. The SMILES string of the molecule is NC(N)=NCCC[C@@H]1NC(=O)C(CCCCNC(=O)/C(=C(\C(=O)O)P(c2ccccc2)c2ccccc2)P(c2ccccc2)c2ccccc2)NC(=O)[C@@H](Cc2ccccc2)NC(=O)[C@H](CC(=O)O)NC(=O)CNC1=O. The first-order valence-electron chi connectivity index (χ1n) is 24.6. The predicted octanol–water partition coefficient (Wildman–Crippen LogP) is 1.67. The lowest BCUT2D eigenvalue weighted by atomic mass is 10.0. The van der Waals surface area contributed by atoms with Crippen molar-refractivity contribution in [3.8, 4) is 0 Å². The van der Waals surface area contributed by atoms with Gasteiger partial charge in [0.15, 0.2) is 5.96 Å². The van der Waals surface area contributed by atoms with Gasteiger partial charge in [-0.25, -0.2) is 4.79 Å². The number of carbonyl (C=O) groups is 8. The molecule has 1 aliphatic rings. The van der Waals surface area contributed by atoms with Crippen LogP contribution in [0, 0.1) is 0 Å². The molecule has 1 saturated heterocycles. The summed E-state index contributed by atoms with van der Waals surface area (Å²) in [7, 11) is -3.60. The van der Waals surface area contributed by atoms with Gasteiger partial charge in [-0.05, 0) is 74.7 Å². The molecule has 5 aromatic rings. The number of rotatable bonds is 21. The Morgan fingerprint density at radius 1 is 0.539 bits per heavy atom. The van der Waals surface area contributed by atoms with E-state index in [-0.39, 0.29) is 68.2 Å². The van der Waals surface area contributed by atoms with Gasteiger partial charge in [0.25, 0.3) is 5.91 Å². The van der Waals surface area contributed by atoms with E-state index in [4.69, 9.17) is 11.5 Å². The lowest BCUT2D eigenvalue weighted by Gasteiger charge is -2.28. The number of carboxylic acids is 2. The predicted molar refractivity (Wildman–Crippen MR) is 293 cm³/mol. The zero-order chi connectivity index (χ0) is 54.4. The van der Waals surface area contributed by atoms with Gasteiger partial charge in [-0.1, -0.05) is 152 Å². The molecule has 0 spiro atoms. The minimum absolute atomic E-state index is 0.00732. The lowest BCUT2D eigenvalue weighted by Crippen LogP contribution is -2.58. The van der Waals surface area contributed by atoms with Crippen molar-refractivity contribution >= 4 is 90.4 Å². The molecule has 0 saturated carbocycles. The fraction of sp³-hybridized carbons (Fsp3) is 0.255. The second-order valence-electron chi connectivity index (χ2n) is 17.5. The van der Waals surface area contributed by atoms with E-state index in [0.29, 0.717) is 5.56 Å². The van der Waals surface area contributed by atoms with Crippen molar-refractivity contribution in [3.05, 3.63) is 168 Å². The summed E-state index contributed by atoms with van der Waals surface area (Å²) >= 11 is 0. The van der Waals surface area contributed by atoms with Crippen LogP contribution < -0.4 is 64.6 Å². The van der Waals surface area contributed by atoms with Crippen molar-refractivity contribution in [3.63, 3.8) is 0 Å². The highest BCUT2D eigenvalue weighted by atomic mass is 31.1. The van der Waals surface area contributed by atoms with Gasteiger partial charge < -0.3 is 53.6 Å². The summed E-state index contributed by atoms with van der Waals surface area (Å²) in [5, 5.41) is 39.8. The number of nitrogens with two attached hydrogens (primary N) is 2. The summed E-state index contributed by atoms with van der Waals surface area (Å²) in [6.07, 6.45) is -0.409. The summed E-state index contributed by atoms with van der Waals surface area (Å²) in [5.41, 5.74) is 11.6. The van der Waals surface area contributed by atoms with Crippen molar-refractivity contribution in [1.82, 2.24) is 31.9 Å². The monoisotopic (exact) mass is 1070 g/mol. The van der Waals surface area contributed by atoms with Crippen LogP contribution >= 0.6 is 15.8 Å². The molecule has 1 aliphatic heterocycles. The maximum absolute atomic E-state index is 15.1. The number of amides is 6. The van der Waals surface area contributed by atoms with Gasteiger partial charge in [0, 0.05) is 19.5 Å². The van der Waals surface area contributed by atoms with E-state index in [9.17, 15) is 43.8 Å². The van der Waals surface area contributed by atoms with Crippen molar-refractivity contribution in [2.75, 3.05) is 19.6 Å². The van der Waals surface area contributed by atoms with Gasteiger partial charge in [0.1, 0.15) is 24.2 Å². The molecule has 6 rings (SSSR count). The van der Waals surface area contributed by atoms with E-state index in [1.807, 2.05) is 121 Å². The largest absolute Gasteiger partial charge is 0.481 e. The minimum atomic E-state index is -1.81. The quantitative estimate of drug-likeness (QED) is 0.0165. The molecule has 0 radical (unpaired) electrons. The normalized spacial score (nSPS) is 17.8. The number of hydrogen-bond donors (Lipinski definition) is 10. The standard InChI is InChI=1S/C55H61N9O10P2/c56-55(57)59-32-18-30-41-49(68)60-35-45(65)61-44(34-46(66)67)52(71)64-43(33-36-19-6-1-7-20-36)51(70)63-42(50(69)62-41)29-16-17-31-58-53(72)47(75(37-21-8-2-9-22-37)38-23-10-3-11-24-38)48(54(73)74)76(39-25-12-4-13-26-39)40-27-14-5-15-28-40/h1-15,19-28,41-44H,16-18,29-35H2,(H,58,72)(H,60,68)(H,61,65)(H,62,69)(H,63,70)(H,64,71)(H,66,67)(H,73,74)(H4,56,57,59)/b48-47-/t41-,42?,43+,44-/m0/s1. The molecule has 396 valence electrons. The number of aliphatic carboxylic acids is 2. The van der Waals surface area contributed by atoms with E-state index >= 15 is 4.79 Å². The van der Waals surface area contributed by atoms with Crippen LogP contribution in [0.2, 0.25) is 0 Å². The molecule has 1 unspecified atom stereocenters. The van der Waals surface area contributed by atoms with Crippen LogP contribution in [-0.4, -0.2) is 107 Å². The molecule has 1 fully saturated rings. The van der Waals surface area contributed by atoms with Gasteiger partial charge in [-0.3, -0.25) is 38.6 Å². The van der Waals surface area contributed by atoms with Crippen LogP contribution in [-0.2, 0) is 44.8 Å². The molecule has 76 heavy (non-hydrogen) atoms. The fourth-order valence-corrected chi connectivity index (χ4v) is 13.5. The molecule has 5 aromatic carbocycles. The van der Waals surface area contributed by atoms with Gasteiger partial charge in [0.2, 0.25) is 29.5 Å². The van der Waals surface area contributed by atoms with Crippen LogP contribution in [0.5, 0.6) is 0 Å². The number of carboxylic acid groups (broad SMARTS) is 2. The second kappa shape index (κ2) is 29.0. The highest BCUT2D eigenvalue weighted by Gasteiger charge is 2.37. The van der Waals surface area contributed by atoms with Crippen molar-refractivity contribution < 1.29 is 48.6 Å².